The number of aromatic nitrogens is 5. The summed E-state index contributed by atoms with van der Waals surface area (Å²) in [5, 5.41) is 8.07. The topological polar surface area (TPSA) is 59.7 Å². The summed E-state index contributed by atoms with van der Waals surface area (Å²) >= 11 is 0. The van der Waals surface area contributed by atoms with E-state index in [1.54, 1.807) is 24.5 Å². The molecule has 0 amide bonds. The lowest BCUT2D eigenvalue weighted by atomic mass is 10.2. The zero-order valence-corrected chi connectivity index (χ0v) is 13.0. The molecule has 118 valence electrons. The Morgan fingerprint density at radius 2 is 2.00 bits per heavy atom. The SMILES string of the molecule is CCn1ccnc1CN(C)c1nncc(-c2ccc(F)cc2)n1. The minimum atomic E-state index is -0.278. The third-order valence-corrected chi connectivity index (χ3v) is 3.55. The van der Waals surface area contributed by atoms with E-state index in [-0.39, 0.29) is 5.82 Å². The minimum absolute atomic E-state index is 0.278. The van der Waals surface area contributed by atoms with Gasteiger partial charge in [0.25, 0.3) is 0 Å². The van der Waals surface area contributed by atoms with E-state index >= 15 is 0 Å². The van der Waals surface area contributed by atoms with Gasteiger partial charge in [0.1, 0.15) is 11.6 Å². The van der Waals surface area contributed by atoms with Gasteiger partial charge in [-0.2, -0.15) is 5.10 Å². The monoisotopic (exact) mass is 312 g/mol. The second-order valence-corrected chi connectivity index (χ2v) is 5.13. The Balaban J connectivity index is 1.83. The number of hydrogen-bond acceptors (Lipinski definition) is 5. The fourth-order valence-corrected chi connectivity index (χ4v) is 2.28. The zero-order chi connectivity index (χ0) is 16.2. The average molecular weight is 312 g/mol. The van der Waals surface area contributed by atoms with Crippen LogP contribution in [0.3, 0.4) is 0 Å². The first-order valence-electron chi connectivity index (χ1n) is 7.34. The van der Waals surface area contributed by atoms with E-state index in [1.807, 2.05) is 18.1 Å². The third-order valence-electron chi connectivity index (χ3n) is 3.55. The number of benzene rings is 1. The molecule has 0 N–H and O–H groups in total. The molecule has 1 aromatic carbocycles. The summed E-state index contributed by atoms with van der Waals surface area (Å²) in [6.45, 7) is 3.51. The molecular weight excluding hydrogens is 295 g/mol. The van der Waals surface area contributed by atoms with Gasteiger partial charge in [0.15, 0.2) is 0 Å². The summed E-state index contributed by atoms with van der Waals surface area (Å²) in [5.41, 5.74) is 1.45. The van der Waals surface area contributed by atoms with Gasteiger partial charge in [-0.15, -0.1) is 5.10 Å². The molecular formula is C16H17FN6. The Morgan fingerprint density at radius 1 is 1.22 bits per heavy atom. The van der Waals surface area contributed by atoms with Crippen molar-refractivity contribution in [3.8, 4) is 11.3 Å². The van der Waals surface area contributed by atoms with Gasteiger partial charge in [-0.05, 0) is 31.2 Å². The highest BCUT2D eigenvalue weighted by Crippen LogP contribution is 2.18. The molecule has 0 saturated carbocycles. The molecule has 0 aliphatic rings. The molecule has 0 fully saturated rings. The van der Waals surface area contributed by atoms with Gasteiger partial charge in [0.05, 0.1) is 18.4 Å². The zero-order valence-electron chi connectivity index (χ0n) is 13.0. The second-order valence-electron chi connectivity index (χ2n) is 5.13. The van der Waals surface area contributed by atoms with E-state index in [0.29, 0.717) is 18.2 Å². The van der Waals surface area contributed by atoms with Crippen molar-refractivity contribution in [2.75, 3.05) is 11.9 Å². The van der Waals surface area contributed by atoms with Crippen LogP contribution in [0.15, 0.2) is 42.9 Å². The summed E-state index contributed by atoms with van der Waals surface area (Å²) in [6.07, 6.45) is 5.29. The minimum Gasteiger partial charge on any atom is -0.335 e. The Labute approximate surface area is 133 Å². The van der Waals surface area contributed by atoms with Crippen LogP contribution >= 0.6 is 0 Å². The lowest BCUT2D eigenvalue weighted by Crippen LogP contribution is -2.22. The first-order valence-corrected chi connectivity index (χ1v) is 7.34. The van der Waals surface area contributed by atoms with Gasteiger partial charge >= 0.3 is 0 Å². The fourth-order valence-electron chi connectivity index (χ4n) is 2.28. The molecule has 3 rings (SSSR count). The van der Waals surface area contributed by atoms with E-state index in [0.717, 1.165) is 17.9 Å². The van der Waals surface area contributed by atoms with Crippen molar-refractivity contribution in [1.82, 2.24) is 24.7 Å². The predicted molar refractivity (Wildman–Crippen MR) is 85.2 cm³/mol. The molecule has 3 aromatic rings. The van der Waals surface area contributed by atoms with Crippen molar-refractivity contribution in [3.63, 3.8) is 0 Å². The summed E-state index contributed by atoms with van der Waals surface area (Å²) < 4.78 is 15.1. The Bertz CT molecular complexity index is 783. The number of imidazole rings is 1. The summed E-state index contributed by atoms with van der Waals surface area (Å²) in [7, 11) is 1.89. The van der Waals surface area contributed by atoms with Crippen LogP contribution in [-0.2, 0) is 13.1 Å². The Hall–Kier alpha value is -2.83. The predicted octanol–water partition coefficient (Wildman–Crippen LogP) is 2.53. The number of hydrogen-bond donors (Lipinski definition) is 0. The van der Waals surface area contributed by atoms with Crippen LogP contribution in [0.5, 0.6) is 0 Å². The van der Waals surface area contributed by atoms with Crippen molar-refractivity contribution in [2.45, 2.75) is 20.0 Å². The maximum absolute atomic E-state index is 13.0. The van der Waals surface area contributed by atoms with Crippen LogP contribution in [0.25, 0.3) is 11.3 Å². The van der Waals surface area contributed by atoms with E-state index in [4.69, 9.17) is 0 Å². The molecule has 0 bridgehead atoms. The van der Waals surface area contributed by atoms with Gasteiger partial charge in [0, 0.05) is 31.5 Å². The first kappa shape index (κ1) is 15.1. The highest BCUT2D eigenvalue weighted by Gasteiger charge is 2.11. The first-order chi connectivity index (χ1) is 11.2. The van der Waals surface area contributed by atoms with Gasteiger partial charge in [-0.3, -0.25) is 0 Å². The largest absolute Gasteiger partial charge is 0.335 e. The summed E-state index contributed by atoms with van der Waals surface area (Å²) in [6, 6.07) is 6.15. The molecule has 0 saturated heterocycles. The standard InChI is InChI=1S/C16H17FN6/c1-3-23-9-8-18-15(23)11-22(2)16-20-14(10-19-21-16)12-4-6-13(17)7-5-12/h4-10H,3,11H2,1-2H3. The number of rotatable bonds is 5. The molecule has 7 heteroatoms. The van der Waals surface area contributed by atoms with E-state index in [9.17, 15) is 4.39 Å². The quantitative estimate of drug-likeness (QED) is 0.724. The van der Waals surface area contributed by atoms with Crippen molar-refractivity contribution < 1.29 is 4.39 Å². The molecule has 6 nitrogen and oxygen atoms in total. The van der Waals surface area contributed by atoms with Gasteiger partial charge < -0.3 is 9.47 Å². The van der Waals surface area contributed by atoms with Crippen LogP contribution in [0.1, 0.15) is 12.7 Å². The molecule has 0 spiro atoms. The maximum Gasteiger partial charge on any atom is 0.246 e. The average Bonchev–Trinajstić information content (AvgIpc) is 3.03. The summed E-state index contributed by atoms with van der Waals surface area (Å²) in [4.78, 5) is 10.7. The molecule has 2 aromatic heterocycles. The Morgan fingerprint density at radius 3 is 2.74 bits per heavy atom. The van der Waals surface area contributed by atoms with Crippen LogP contribution in [0.2, 0.25) is 0 Å². The molecule has 23 heavy (non-hydrogen) atoms. The van der Waals surface area contributed by atoms with E-state index < -0.39 is 0 Å². The van der Waals surface area contributed by atoms with Gasteiger partial charge in [-0.1, -0.05) is 0 Å². The van der Waals surface area contributed by atoms with Crippen LogP contribution in [0, 0.1) is 5.82 Å². The van der Waals surface area contributed by atoms with Gasteiger partial charge in [-0.25, -0.2) is 14.4 Å². The number of halogens is 1. The maximum atomic E-state index is 13.0. The second kappa shape index (κ2) is 6.51. The van der Waals surface area contributed by atoms with E-state index in [1.165, 1.54) is 12.1 Å². The van der Waals surface area contributed by atoms with Crippen molar-refractivity contribution in [3.05, 3.63) is 54.5 Å². The van der Waals surface area contributed by atoms with E-state index in [2.05, 4.69) is 31.7 Å². The van der Waals surface area contributed by atoms with Crippen molar-refractivity contribution in [1.29, 1.82) is 0 Å². The van der Waals surface area contributed by atoms with Crippen LogP contribution in [-0.4, -0.2) is 31.8 Å². The lowest BCUT2D eigenvalue weighted by molar-refractivity contribution is 0.628. The highest BCUT2D eigenvalue weighted by atomic mass is 19.1. The van der Waals surface area contributed by atoms with Crippen LogP contribution < -0.4 is 4.90 Å². The number of aryl methyl sites for hydroxylation is 1. The highest BCUT2D eigenvalue weighted by molar-refractivity contribution is 5.58. The third kappa shape index (κ3) is 3.33. The fraction of sp³-hybridized carbons (Fsp3) is 0.250. The normalized spacial score (nSPS) is 10.7. The lowest BCUT2D eigenvalue weighted by Gasteiger charge is -2.17. The summed E-state index contributed by atoms with van der Waals surface area (Å²) in [5.74, 6) is 1.16. The van der Waals surface area contributed by atoms with Crippen LogP contribution in [0.4, 0.5) is 10.3 Å². The van der Waals surface area contributed by atoms with Crippen molar-refractivity contribution >= 4 is 5.95 Å². The Kier molecular flexibility index (Phi) is 4.27. The molecule has 0 unspecified atom stereocenters. The number of nitrogens with zero attached hydrogens (tertiary/aromatic N) is 6. The van der Waals surface area contributed by atoms with Gasteiger partial charge in [0.2, 0.25) is 5.95 Å². The van der Waals surface area contributed by atoms with Crippen molar-refractivity contribution in [2.24, 2.45) is 0 Å². The number of anilines is 1. The molecule has 0 atom stereocenters. The molecule has 2 heterocycles. The molecule has 0 radical (unpaired) electrons. The molecule has 0 aliphatic heterocycles. The molecule has 0 aliphatic carbocycles. The smallest absolute Gasteiger partial charge is 0.246 e.